The third-order valence-corrected chi connectivity index (χ3v) is 4.50. The summed E-state index contributed by atoms with van der Waals surface area (Å²) < 4.78 is 5.86. The van der Waals surface area contributed by atoms with Gasteiger partial charge in [-0.2, -0.15) is 10.4 Å². The molecule has 0 saturated carbocycles. The van der Waals surface area contributed by atoms with Gasteiger partial charge in [-0.3, -0.25) is 9.59 Å². The molecule has 32 heavy (non-hydrogen) atoms. The molecule has 0 aliphatic heterocycles. The molecule has 0 heterocycles. The topological polar surface area (TPSA) is 104 Å². The van der Waals surface area contributed by atoms with E-state index in [9.17, 15) is 9.59 Å². The smallest absolute Gasteiger partial charge is 0.271 e. The standard InChI is InChI=1S/C24H19ClN4O3/c1-16(30)28-22-4-2-3-19(12-22)24(31)29-27-14-20-11-21(25)9-10-23(20)32-15-18-7-5-17(13-26)6-8-18/h2-12,14H,15H2,1H3,(H,28,30)(H,29,31)/b27-14-. The fourth-order valence-corrected chi connectivity index (χ4v) is 2.94. The average molecular weight is 447 g/mol. The van der Waals surface area contributed by atoms with Gasteiger partial charge in [-0.1, -0.05) is 29.8 Å². The van der Waals surface area contributed by atoms with Gasteiger partial charge >= 0.3 is 0 Å². The Kier molecular flexibility index (Phi) is 7.57. The van der Waals surface area contributed by atoms with Crippen LogP contribution in [0.1, 0.15) is 34.0 Å². The van der Waals surface area contributed by atoms with Crippen LogP contribution in [-0.2, 0) is 11.4 Å². The summed E-state index contributed by atoms with van der Waals surface area (Å²) in [7, 11) is 0. The van der Waals surface area contributed by atoms with Crippen LogP contribution in [0.15, 0.2) is 71.8 Å². The van der Waals surface area contributed by atoms with Crippen LogP contribution < -0.4 is 15.5 Å². The molecule has 0 saturated heterocycles. The first-order valence-electron chi connectivity index (χ1n) is 9.57. The van der Waals surface area contributed by atoms with E-state index in [1.54, 1.807) is 54.6 Å². The number of nitriles is 1. The monoisotopic (exact) mass is 446 g/mol. The lowest BCUT2D eigenvalue weighted by Crippen LogP contribution is -2.18. The fraction of sp³-hybridized carbons (Fsp3) is 0.0833. The highest BCUT2D eigenvalue weighted by Crippen LogP contribution is 2.22. The van der Waals surface area contributed by atoms with Crippen molar-refractivity contribution in [3.63, 3.8) is 0 Å². The Morgan fingerprint density at radius 1 is 1.12 bits per heavy atom. The Morgan fingerprint density at radius 2 is 1.91 bits per heavy atom. The molecule has 3 aromatic rings. The molecule has 3 rings (SSSR count). The van der Waals surface area contributed by atoms with Crippen LogP contribution in [0.2, 0.25) is 5.02 Å². The van der Waals surface area contributed by atoms with E-state index in [1.807, 2.05) is 12.1 Å². The number of hydrogen-bond donors (Lipinski definition) is 2. The third-order valence-electron chi connectivity index (χ3n) is 4.26. The number of hydrazone groups is 1. The van der Waals surface area contributed by atoms with Crippen molar-refractivity contribution < 1.29 is 14.3 Å². The number of halogens is 1. The van der Waals surface area contributed by atoms with Crippen LogP contribution in [0.25, 0.3) is 0 Å². The van der Waals surface area contributed by atoms with E-state index in [0.717, 1.165) is 5.56 Å². The zero-order valence-electron chi connectivity index (χ0n) is 17.1. The summed E-state index contributed by atoms with van der Waals surface area (Å²) in [5, 5.41) is 16.0. The number of carbonyl (C=O) groups excluding carboxylic acids is 2. The Hall–Kier alpha value is -4.15. The molecule has 160 valence electrons. The van der Waals surface area contributed by atoms with Crippen LogP contribution in [0.4, 0.5) is 5.69 Å². The fourth-order valence-electron chi connectivity index (χ4n) is 2.75. The summed E-state index contributed by atoms with van der Waals surface area (Å²) in [4.78, 5) is 23.6. The Morgan fingerprint density at radius 3 is 2.62 bits per heavy atom. The molecule has 0 aliphatic rings. The molecule has 0 spiro atoms. The van der Waals surface area contributed by atoms with Gasteiger partial charge in [0.15, 0.2) is 0 Å². The maximum Gasteiger partial charge on any atom is 0.271 e. The number of carbonyl (C=O) groups is 2. The van der Waals surface area contributed by atoms with Gasteiger partial charge in [-0.05, 0) is 54.1 Å². The molecule has 0 unspecified atom stereocenters. The van der Waals surface area contributed by atoms with Gasteiger partial charge < -0.3 is 10.1 Å². The normalized spacial score (nSPS) is 10.4. The minimum absolute atomic E-state index is 0.227. The highest BCUT2D eigenvalue weighted by Gasteiger charge is 2.07. The number of anilines is 1. The van der Waals surface area contributed by atoms with Gasteiger partial charge in [0.05, 0.1) is 17.8 Å². The summed E-state index contributed by atoms with van der Waals surface area (Å²) in [5.74, 6) is -0.130. The lowest BCUT2D eigenvalue weighted by molar-refractivity contribution is -0.114. The second kappa shape index (κ2) is 10.8. The molecule has 0 aromatic heterocycles. The molecule has 3 aromatic carbocycles. The maximum atomic E-state index is 12.4. The zero-order chi connectivity index (χ0) is 22.9. The van der Waals surface area contributed by atoms with Gasteiger partial charge in [0.2, 0.25) is 5.91 Å². The van der Waals surface area contributed by atoms with Crippen molar-refractivity contribution >= 4 is 35.3 Å². The van der Waals surface area contributed by atoms with Crippen LogP contribution in [0.3, 0.4) is 0 Å². The molecule has 2 N–H and O–H groups in total. The lowest BCUT2D eigenvalue weighted by atomic mass is 10.1. The predicted molar refractivity (Wildman–Crippen MR) is 123 cm³/mol. The number of benzene rings is 3. The largest absolute Gasteiger partial charge is 0.488 e. The summed E-state index contributed by atoms with van der Waals surface area (Å²) in [5.41, 5.74) is 5.36. The summed E-state index contributed by atoms with van der Waals surface area (Å²) in [6.07, 6.45) is 1.44. The van der Waals surface area contributed by atoms with Gasteiger partial charge in [0, 0.05) is 28.8 Å². The van der Waals surface area contributed by atoms with E-state index in [0.29, 0.717) is 33.1 Å². The Bertz CT molecular complexity index is 1200. The van der Waals surface area contributed by atoms with Gasteiger partial charge in [0.1, 0.15) is 12.4 Å². The highest BCUT2D eigenvalue weighted by molar-refractivity contribution is 6.30. The van der Waals surface area contributed by atoms with E-state index in [4.69, 9.17) is 21.6 Å². The van der Waals surface area contributed by atoms with Crippen LogP contribution in [0, 0.1) is 11.3 Å². The third kappa shape index (κ3) is 6.42. The van der Waals surface area contributed by atoms with Crippen molar-refractivity contribution in [2.24, 2.45) is 5.10 Å². The van der Waals surface area contributed by atoms with E-state index >= 15 is 0 Å². The summed E-state index contributed by atoms with van der Waals surface area (Å²) in [6, 6.07) is 20.7. The first-order valence-corrected chi connectivity index (χ1v) is 9.95. The highest BCUT2D eigenvalue weighted by atomic mass is 35.5. The number of nitrogens with one attached hydrogen (secondary N) is 2. The van der Waals surface area contributed by atoms with Crippen molar-refractivity contribution in [2.75, 3.05) is 5.32 Å². The molecule has 0 radical (unpaired) electrons. The van der Waals surface area contributed by atoms with Gasteiger partial charge in [0.25, 0.3) is 5.91 Å². The molecular weight excluding hydrogens is 428 g/mol. The molecule has 0 atom stereocenters. The quantitative estimate of drug-likeness (QED) is 0.411. The van der Waals surface area contributed by atoms with Gasteiger partial charge in [-0.25, -0.2) is 5.43 Å². The molecule has 0 fully saturated rings. The molecule has 7 nitrogen and oxygen atoms in total. The molecule has 0 bridgehead atoms. The number of ether oxygens (including phenoxy) is 1. The van der Waals surface area contributed by atoms with Crippen molar-refractivity contribution in [3.05, 3.63) is 94.0 Å². The van der Waals surface area contributed by atoms with E-state index in [-0.39, 0.29) is 12.5 Å². The molecule has 2 amide bonds. The zero-order valence-corrected chi connectivity index (χ0v) is 17.9. The van der Waals surface area contributed by atoms with Crippen molar-refractivity contribution in [1.29, 1.82) is 5.26 Å². The summed E-state index contributed by atoms with van der Waals surface area (Å²) in [6.45, 7) is 1.68. The lowest BCUT2D eigenvalue weighted by Gasteiger charge is -2.10. The van der Waals surface area contributed by atoms with Crippen molar-refractivity contribution in [1.82, 2.24) is 5.43 Å². The number of hydrogen-bond acceptors (Lipinski definition) is 5. The first kappa shape index (κ1) is 22.5. The maximum absolute atomic E-state index is 12.4. The number of rotatable bonds is 7. The summed E-state index contributed by atoms with van der Waals surface area (Å²) >= 11 is 6.09. The molecular formula is C24H19ClN4O3. The second-order valence-corrected chi connectivity index (χ2v) is 7.18. The predicted octanol–water partition coefficient (Wildman–Crippen LogP) is 4.51. The average Bonchev–Trinajstić information content (AvgIpc) is 2.78. The SMILES string of the molecule is CC(=O)Nc1cccc(C(=O)N/N=C\c2cc(Cl)ccc2OCc2ccc(C#N)cc2)c1. The van der Waals surface area contributed by atoms with Crippen molar-refractivity contribution in [2.45, 2.75) is 13.5 Å². The Balaban J connectivity index is 1.67. The molecule has 0 aliphatic carbocycles. The van der Waals surface area contributed by atoms with E-state index in [1.165, 1.54) is 13.1 Å². The van der Waals surface area contributed by atoms with Crippen LogP contribution >= 0.6 is 11.6 Å². The minimum Gasteiger partial charge on any atom is -0.488 e. The number of amides is 2. The molecule has 8 heteroatoms. The number of nitrogens with zero attached hydrogens (tertiary/aromatic N) is 2. The van der Waals surface area contributed by atoms with E-state index < -0.39 is 5.91 Å². The van der Waals surface area contributed by atoms with Gasteiger partial charge in [-0.15, -0.1) is 0 Å². The van der Waals surface area contributed by atoms with Crippen LogP contribution in [-0.4, -0.2) is 18.0 Å². The Labute approximate surface area is 190 Å². The van der Waals surface area contributed by atoms with Crippen LogP contribution in [0.5, 0.6) is 5.75 Å². The second-order valence-electron chi connectivity index (χ2n) is 6.74. The van der Waals surface area contributed by atoms with Crippen molar-refractivity contribution in [3.8, 4) is 11.8 Å². The first-order chi connectivity index (χ1) is 15.4. The minimum atomic E-state index is -0.435. The van der Waals surface area contributed by atoms with E-state index in [2.05, 4.69) is 21.9 Å².